The van der Waals surface area contributed by atoms with Crippen LogP contribution in [0.5, 0.6) is 0 Å². The number of aryl methyl sites for hydroxylation is 1. The van der Waals surface area contributed by atoms with Gasteiger partial charge in [0, 0.05) is 18.3 Å². The lowest BCUT2D eigenvalue weighted by molar-refractivity contribution is 0.102. The van der Waals surface area contributed by atoms with Gasteiger partial charge >= 0.3 is 0 Å². The van der Waals surface area contributed by atoms with E-state index in [9.17, 15) is 22.0 Å². The molecule has 1 aliphatic rings. The van der Waals surface area contributed by atoms with Gasteiger partial charge in [-0.25, -0.2) is 17.2 Å². The molecule has 1 aliphatic heterocycles. The fourth-order valence-corrected chi connectivity index (χ4v) is 6.12. The third kappa shape index (κ3) is 4.34. The largest absolute Gasteiger partial charge is 0.320 e. The molecule has 1 unspecified atom stereocenters. The molecular weight excluding hydrogens is 446 g/mol. The number of hydrogen-bond donors (Lipinski definition) is 1. The maximum absolute atomic E-state index is 13.3. The molecule has 1 saturated heterocycles. The van der Waals surface area contributed by atoms with Crippen LogP contribution in [-0.2, 0) is 10.0 Å². The zero-order chi connectivity index (χ0) is 22.2. The van der Waals surface area contributed by atoms with Crippen molar-refractivity contribution in [3.8, 4) is 0 Å². The van der Waals surface area contributed by atoms with E-state index in [1.54, 1.807) is 18.2 Å². The maximum atomic E-state index is 13.3. The van der Waals surface area contributed by atoms with Crippen LogP contribution in [-0.4, -0.2) is 35.4 Å². The van der Waals surface area contributed by atoms with E-state index in [4.69, 9.17) is 0 Å². The van der Waals surface area contributed by atoms with Gasteiger partial charge in [0.15, 0.2) is 11.6 Å². The molecular formula is C20H18F2N4O3S2. The topological polar surface area (TPSA) is 92.3 Å². The Morgan fingerprint density at radius 2 is 1.97 bits per heavy atom. The number of nitrogens with zero attached hydrogens (tertiary/aromatic N) is 3. The summed E-state index contributed by atoms with van der Waals surface area (Å²) in [6, 6.07) is 9.16. The van der Waals surface area contributed by atoms with Crippen molar-refractivity contribution in [3.63, 3.8) is 0 Å². The summed E-state index contributed by atoms with van der Waals surface area (Å²) in [5, 5.41) is 10.7. The van der Waals surface area contributed by atoms with E-state index in [0.717, 1.165) is 29.0 Å². The standard InChI is InChI=1S/C20H18F2N4O3S2/c1-12-4-2-5-14(10-12)31(28,29)26-9-3-6-17(26)19-24-25-20(30-19)18(27)23-13-7-8-15(21)16(22)11-13/h2,4-5,7-8,10-11,17H,3,6,9H2,1H3,(H,23,27). The molecule has 2 heterocycles. The predicted molar refractivity (Wildman–Crippen MR) is 111 cm³/mol. The summed E-state index contributed by atoms with van der Waals surface area (Å²) in [6.45, 7) is 2.17. The summed E-state index contributed by atoms with van der Waals surface area (Å²) in [4.78, 5) is 12.6. The number of sulfonamides is 1. The van der Waals surface area contributed by atoms with Crippen molar-refractivity contribution in [3.05, 3.63) is 69.7 Å². The fourth-order valence-electron chi connectivity index (χ4n) is 3.41. The molecule has 1 atom stereocenters. The van der Waals surface area contributed by atoms with E-state index >= 15 is 0 Å². The molecule has 0 spiro atoms. The Hall–Kier alpha value is -2.76. The number of aromatic nitrogens is 2. The van der Waals surface area contributed by atoms with Gasteiger partial charge in [-0.1, -0.05) is 23.5 Å². The summed E-state index contributed by atoms with van der Waals surface area (Å²) in [5.41, 5.74) is 0.911. The number of rotatable bonds is 5. The third-order valence-electron chi connectivity index (χ3n) is 4.90. The van der Waals surface area contributed by atoms with Crippen molar-refractivity contribution < 1.29 is 22.0 Å². The van der Waals surface area contributed by atoms with E-state index in [1.807, 2.05) is 13.0 Å². The van der Waals surface area contributed by atoms with Gasteiger partial charge in [-0.05, 0) is 49.6 Å². The zero-order valence-corrected chi connectivity index (χ0v) is 18.0. The van der Waals surface area contributed by atoms with Crippen molar-refractivity contribution in [1.29, 1.82) is 0 Å². The van der Waals surface area contributed by atoms with Gasteiger partial charge in [-0.3, -0.25) is 4.79 Å². The molecule has 4 rings (SSSR count). The number of benzene rings is 2. The lowest BCUT2D eigenvalue weighted by atomic mass is 10.2. The van der Waals surface area contributed by atoms with Crippen LogP contribution in [0.3, 0.4) is 0 Å². The Morgan fingerprint density at radius 3 is 2.71 bits per heavy atom. The Balaban J connectivity index is 1.55. The lowest BCUT2D eigenvalue weighted by Crippen LogP contribution is -2.30. The molecule has 7 nitrogen and oxygen atoms in total. The molecule has 11 heteroatoms. The van der Waals surface area contributed by atoms with Crippen LogP contribution >= 0.6 is 11.3 Å². The minimum atomic E-state index is -3.73. The summed E-state index contributed by atoms with van der Waals surface area (Å²) >= 11 is 0.975. The van der Waals surface area contributed by atoms with Gasteiger partial charge in [0.2, 0.25) is 15.0 Å². The lowest BCUT2D eigenvalue weighted by Gasteiger charge is -2.22. The van der Waals surface area contributed by atoms with Crippen LogP contribution in [0.1, 0.15) is 39.3 Å². The minimum absolute atomic E-state index is 0.000429. The Morgan fingerprint density at radius 1 is 1.16 bits per heavy atom. The first-order valence-electron chi connectivity index (χ1n) is 9.44. The molecule has 0 saturated carbocycles. The Kier molecular flexibility index (Phi) is 5.82. The molecule has 31 heavy (non-hydrogen) atoms. The first-order chi connectivity index (χ1) is 14.8. The van der Waals surface area contributed by atoms with Gasteiger partial charge in [0.25, 0.3) is 5.91 Å². The number of carbonyl (C=O) groups excluding carboxylic acids is 1. The van der Waals surface area contributed by atoms with Crippen molar-refractivity contribution in [1.82, 2.24) is 14.5 Å². The average molecular weight is 465 g/mol. The second-order valence-corrected chi connectivity index (χ2v) is 10.0. The maximum Gasteiger partial charge on any atom is 0.286 e. The van der Waals surface area contributed by atoms with Crippen LogP contribution in [0.15, 0.2) is 47.4 Å². The van der Waals surface area contributed by atoms with Gasteiger partial charge < -0.3 is 5.32 Å². The Labute approximate surface area is 181 Å². The van der Waals surface area contributed by atoms with E-state index in [1.165, 1.54) is 10.4 Å². The highest BCUT2D eigenvalue weighted by Crippen LogP contribution is 2.37. The number of hydrogen-bond acceptors (Lipinski definition) is 6. The fraction of sp³-hybridized carbons (Fsp3) is 0.250. The van der Waals surface area contributed by atoms with E-state index in [-0.39, 0.29) is 15.6 Å². The molecule has 162 valence electrons. The van der Waals surface area contributed by atoms with Crippen LogP contribution in [0.2, 0.25) is 0 Å². The molecule has 3 aromatic rings. The third-order valence-corrected chi connectivity index (χ3v) is 7.82. The predicted octanol–water partition coefficient (Wildman–Crippen LogP) is 3.90. The quantitative estimate of drug-likeness (QED) is 0.618. The normalized spacial score (nSPS) is 17.1. The van der Waals surface area contributed by atoms with Crippen molar-refractivity contribution in [2.75, 3.05) is 11.9 Å². The van der Waals surface area contributed by atoms with Crippen molar-refractivity contribution in [2.45, 2.75) is 30.7 Å². The molecule has 0 bridgehead atoms. The second kappa shape index (κ2) is 8.40. The monoisotopic (exact) mass is 464 g/mol. The van der Waals surface area contributed by atoms with E-state index < -0.39 is 33.6 Å². The molecule has 1 amide bonds. The van der Waals surface area contributed by atoms with Crippen molar-refractivity contribution in [2.24, 2.45) is 0 Å². The van der Waals surface area contributed by atoms with E-state index in [0.29, 0.717) is 24.4 Å². The highest BCUT2D eigenvalue weighted by molar-refractivity contribution is 7.89. The smallest absolute Gasteiger partial charge is 0.286 e. The highest BCUT2D eigenvalue weighted by Gasteiger charge is 2.38. The number of amides is 1. The first-order valence-corrected chi connectivity index (χ1v) is 11.7. The molecule has 0 aliphatic carbocycles. The van der Waals surface area contributed by atoms with Gasteiger partial charge in [-0.15, -0.1) is 10.2 Å². The van der Waals surface area contributed by atoms with Gasteiger partial charge in [-0.2, -0.15) is 4.31 Å². The Bertz CT molecular complexity index is 1250. The summed E-state index contributed by atoms with van der Waals surface area (Å²) in [6.07, 6.45) is 1.22. The molecule has 1 N–H and O–H groups in total. The summed E-state index contributed by atoms with van der Waals surface area (Å²) in [5.74, 6) is -2.74. The van der Waals surface area contributed by atoms with Crippen LogP contribution in [0.4, 0.5) is 14.5 Å². The van der Waals surface area contributed by atoms with Gasteiger partial charge in [0.1, 0.15) is 5.01 Å². The number of halogens is 2. The van der Waals surface area contributed by atoms with Crippen LogP contribution in [0, 0.1) is 18.6 Å². The SMILES string of the molecule is Cc1cccc(S(=O)(=O)N2CCCC2c2nnc(C(=O)Nc3ccc(F)c(F)c3)s2)c1. The number of carbonyl (C=O) groups is 1. The molecule has 1 aromatic heterocycles. The molecule has 1 fully saturated rings. The molecule has 2 aromatic carbocycles. The highest BCUT2D eigenvalue weighted by atomic mass is 32.2. The van der Waals surface area contributed by atoms with Crippen LogP contribution < -0.4 is 5.32 Å². The van der Waals surface area contributed by atoms with Gasteiger partial charge in [0.05, 0.1) is 10.9 Å². The van der Waals surface area contributed by atoms with Crippen molar-refractivity contribution >= 4 is 33.0 Å². The zero-order valence-electron chi connectivity index (χ0n) is 16.4. The minimum Gasteiger partial charge on any atom is -0.320 e. The molecule has 0 radical (unpaired) electrons. The van der Waals surface area contributed by atoms with Crippen LogP contribution in [0.25, 0.3) is 0 Å². The number of nitrogens with one attached hydrogen (secondary N) is 1. The van der Waals surface area contributed by atoms with E-state index in [2.05, 4.69) is 15.5 Å². The first kappa shape index (κ1) is 21.5. The summed E-state index contributed by atoms with van der Waals surface area (Å²) in [7, 11) is -3.73. The second-order valence-electron chi connectivity index (χ2n) is 7.12. The summed E-state index contributed by atoms with van der Waals surface area (Å²) < 4.78 is 54.1. The number of anilines is 1. The average Bonchev–Trinajstić information content (AvgIpc) is 3.40.